The normalized spacial score (nSPS) is 13.8. The number of fused-ring (bicyclic) bond motifs is 1. The number of alkyl carbamates (subject to hydrolysis) is 1. The maximum absolute atomic E-state index is 14.9. The summed E-state index contributed by atoms with van der Waals surface area (Å²) in [4.78, 5) is 21.4. The van der Waals surface area contributed by atoms with Crippen LogP contribution in [0.1, 0.15) is 38.3 Å². The zero-order valence-corrected chi connectivity index (χ0v) is 20.6. The molecule has 0 aromatic carbocycles. The highest BCUT2D eigenvalue weighted by atomic mass is 79.9. The van der Waals surface area contributed by atoms with Gasteiger partial charge in [0.05, 0.1) is 17.1 Å². The van der Waals surface area contributed by atoms with E-state index in [1.54, 1.807) is 39.0 Å². The first-order valence-corrected chi connectivity index (χ1v) is 11.6. The Labute approximate surface area is 196 Å². The predicted octanol–water partition coefficient (Wildman–Crippen LogP) is 6.11. The number of carbonyl (C=O) groups excluding carboxylic acids is 1. The average Bonchev–Trinajstić information content (AvgIpc) is 3.27. The molecule has 0 aliphatic rings. The lowest BCUT2D eigenvalue weighted by molar-refractivity contribution is 0.0479. The summed E-state index contributed by atoms with van der Waals surface area (Å²) < 4.78 is 26.4. The summed E-state index contributed by atoms with van der Waals surface area (Å²) in [6, 6.07) is 3.16. The van der Waals surface area contributed by atoms with E-state index in [4.69, 9.17) is 20.8 Å². The van der Waals surface area contributed by atoms with Gasteiger partial charge in [-0.15, -0.1) is 11.3 Å². The summed E-state index contributed by atoms with van der Waals surface area (Å²) in [6.45, 7) is 7.33. The summed E-state index contributed by atoms with van der Waals surface area (Å²) >= 11 is 11.1. The standard InChI is InChI=1S/C20H23BrClFN4O3S/c1-10(25-19(28)30-20(2,3)4)12(23)8-13-14(21)15-16(29-13)17(27-18(22)26-15)24-9-11-6-5-7-31-11/h5-7,10,12H,8-9H2,1-4H3,(H,25,28)(H,24,26,27)/t10-,12+/m1/s1. The third-order valence-electron chi connectivity index (χ3n) is 4.19. The largest absolute Gasteiger partial charge is 0.454 e. The summed E-state index contributed by atoms with van der Waals surface area (Å²) in [5.74, 6) is 0.766. The molecule has 11 heteroatoms. The van der Waals surface area contributed by atoms with E-state index in [0.717, 1.165) is 4.88 Å². The molecule has 168 valence electrons. The number of hydrogen-bond acceptors (Lipinski definition) is 7. The van der Waals surface area contributed by atoms with E-state index in [9.17, 15) is 9.18 Å². The Morgan fingerprint density at radius 1 is 1.42 bits per heavy atom. The molecule has 2 N–H and O–H groups in total. The molecule has 0 unspecified atom stereocenters. The number of thiophene rings is 1. The molecule has 2 atom stereocenters. The first-order chi connectivity index (χ1) is 14.5. The van der Waals surface area contributed by atoms with E-state index in [1.165, 1.54) is 0 Å². The Morgan fingerprint density at radius 3 is 2.81 bits per heavy atom. The van der Waals surface area contributed by atoms with Crippen molar-refractivity contribution in [3.8, 4) is 0 Å². The van der Waals surface area contributed by atoms with Crippen molar-refractivity contribution in [2.24, 2.45) is 0 Å². The van der Waals surface area contributed by atoms with Crippen molar-refractivity contribution in [1.82, 2.24) is 15.3 Å². The van der Waals surface area contributed by atoms with Gasteiger partial charge in [0.1, 0.15) is 23.0 Å². The number of ether oxygens (including phenoxy) is 1. The molecule has 31 heavy (non-hydrogen) atoms. The number of nitrogens with zero attached hydrogens (tertiary/aromatic N) is 2. The van der Waals surface area contributed by atoms with Crippen molar-refractivity contribution >= 4 is 61.9 Å². The van der Waals surface area contributed by atoms with Crippen molar-refractivity contribution < 1.29 is 18.3 Å². The minimum absolute atomic E-state index is 0.0472. The van der Waals surface area contributed by atoms with Gasteiger partial charge in [0.15, 0.2) is 11.4 Å². The monoisotopic (exact) mass is 532 g/mol. The van der Waals surface area contributed by atoms with Crippen molar-refractivity contribution in [3.05, 3.63) is 37.9 Å². The molecular formula is C20H23BrClFN4O3S. The van der Waals surface area contributed by atoms with Crippen LogP contribution in [0.2, 0.25) is 5.28 Å². The fraction of sp³-hybridized carbons (Fsp3) is 0.450. The fourth-order valence-electron chi connectivity index (χ4n) is 2.74. The molecule has 0 fully saturated rings. The lowest BCUT2D eigenvalue weighted by Gasteiger charge is -2.23. The van der Waals surface area contributed by atoms with Crippen LogP contribution in [0.3, 0.4) is 0 Å². The number of furan rings is 1. The second-order valence-electron chi connectivity index (χ2n) is 7.95. The van der Waals surface area contributed by atoms with E-state index in [0.29, 0.717) is 33.7 Å². The Kier molecular flexibility index (Phi) is 7.43. The summed E-state index contributed by atoms with van der Waals surface area (Å²) in [5, 5.41) is 7.73. The summed E-state index contributed by atoms with van der Waals surface area (Å²) in [6.07, 6.45) is -2.19. The van der Waals surface area contributed by atoms with Gasteiger partial charge in [0.2, 0.25) is 5.28 Å². The third kappa shape index (κ3) is 6.30. The lowest BCUT2D eigenvalue weighted by atomic mass is 10.1. The van der Waals surface area contributed by atoms with Crippen LogP contribution in [0.15, 0.2) is 26.4 Å². The van der Waals surface area contributed by atoms with Crippen molar-refractivity contribution in [2.75, 3.05) is 5.32 Å². The van der Waals surface area contributed by atoms with Crippen LogP contribution in [-0.4, -0.2) is 33.9 Å². The fourth-order valence-corrected chi connectivity index (χ4v) is 4.07. The van der Waals surface area contributed by atoms with Crippen LogP contribution >= 0.6 is 38.9 Å². The number of nitrogens with one attached hydrogen (secondary N) is 2. The molecule has 3 aromatic rings. The van der Waals surface area contributed by atoms with E-state index in [-0.39, 0.29) is 11.7 Å². The van der Waals surface area contributed by atoms with Crippen LogP contribution in [0.25, 0.3) is 11.1 Å². The molecule has 7 nitrogen and oxygen atoms in total. The van der Waals surface area contributed by atoms with Gasteiger partial charge in [-0.2, -0.15) is 4.98 Å². The number of amides is 1. The first-order valence-electron chi connectivity index (χ1n) is 9.57. The average molecular weight is 534 g/mol. The molecule has 0 spiro atoms. The van der Waals surface area contributed by atoms with Gasteiger partial charge >= 0.3 is 6.09 Å². The highest BCUT2D eigenvalue weighted by molar-refractivity contribution is 9.10. The Morgan fingerprint density at radius 2 is 2.16 bits per heavy atom. The molecule has 3 aromatic heterocycles. The first kappa shape index (κ1) is 23.7. The number of rotatable bonds is 7. The number of anilines is 1. The molecule has 0 aliphatic carbocycles. The highest BCUT2D eigenvalue weighted by Crippen LogP contribution is 2.35. The molecule has 3 heterocycles. The Balaban J connectivity index is 1.75. The maximum Gasteiger partial charge on any atom is 0.407 e. The molecule has 3 rings (SSSR count). The molecule has 0 aliphatic heterocycles. The van der Waals surface area contributed by atoms with Gasteiger partial charge in [-0.05, 0) is 66.7 Å². The minimum atomic E-state index is -1.42. The smallest absolute Gasteiger partial charge is 0.407 e. The summed E-state index contributed by atoms with van der Waals surface area (Å²) in [5.41, 5.74) is 0.161. The zero-order chi connectivity index (χ0) is 22.8. The van der Waals surface area contributed by atoms with Gasteiger partial charge in [0, 0.05) is 11.3 Å². The van der Waals surface area contributed by atoms with Gasteiger partial charge in [0.25, 0.3) is 0 Å². The van der Waals surface area contributed by atoms with Crippen LogP contribution in [0.5, 0.6) is 0 Å². The second kappa shape index (κ2) is 9.70. The lowest BCUT2D eigenvalue weighted by Crippen LogP contribution is -2.42. The molecular weight excluding hydrogens is 511 g/mol. The number of aromatic nitrogens is 2. The van der Waals surface area contributed by atoms with Crippen molar-refractivity contribution in [2.45, 2.75) is 58.5 Å². The Hall–Kier alpha value is -1.91. The van der Waals surface area contributed by atoms with Gasteiger partial charge < -0.3 is 19.8 Å². The van der Waals surface area contributed by atoms with Gasteiger partial charge in [-0.25, -0.2) is 14.2 Å². The molecule has 0 saturated heterocycles. The van der Waals surface area contributed by atoms with Crippen molar-refractivity contribution in [3.63, 3.8) is 0 Å². The highest BCUT2D eigenvalue weighted by Gasteiger charge is 2.26. The maximum atomic E-state index is 14.9. The topological polar surface area (TPSA) is 89.3 Å². The van der Waals surface area contributed by atoms with E-state index >= 15 is 0 Å². The van der Waals surface area contributed by atoms with Gasteiger partial charge in [-0.1, -0.05) is 6.07 Å². The number of hydrogen-bond donors (Lipinski definition) is 2. The van der Waals surface area contributed by atoms with Crippen LogP contribution in [-0.2, 0) is 17.7 Å². The summed E-state index contributed by atoms with van der Waals surface area (Å²) in [7, 11) is 0. The predicted molar refractivity (Wildman–Crippen MR) is 124 cm³/mol. The number of carbonyl (C=O) groups is 1. The molecule has 0 saturated carbocycles. The van der Waals surface area contributed by atoms with E-state index in [1.807, 2.05) is 17.5 Å². The Bertz CT molecular complexity index is 1060. The third-order valence-corrected chi connectivity index (χ3v) is 6.06. The van der Waals surface area contributed by atoms with Gasteiger partial charge in [-0.3, -0.25) is 0 Å². The molecule has 1 amide bonds. The van der Waals surface area contributed by atoms with Crippen LogP contribution < -0.4 is 10.6 Å². The zero-order valence-electron chi connectivity index (χ0n) is 17.5. The van der Waals surface area contributed by atoms with E-state index in [2.05, 4.69) is 36.5 Å². The molecule has 0 bridgehead atoms. The minimum Gasteiger partial charge on any atom is -0.454 e. The van der Waals surface area contributed by atoms with Crippen LogP contribution in [0, 0.1) is 0 Å². The number of alkyl halides is 1. The number of halogens is 3. The van der Waals surface area contributed by atoms with E-state index < -0.39 is 23.9 Å². The quantitative estimate of drug-likeness (QED) is 0.356. The van der Waals surface area contributed by atoms with Crippen molar-refractivity contribution in [1.29, 1.82) is 0 Å². The van der Waals surface area contributed by atoms with Crippen LogP contribution in [0.4, 0.5) is 15.0 Å². The molecule has 0 radical (unpaired) electrons. The second-order valence-corrected chi connectivity index (χ2v) is 10.1. The SMILES string of the molecule is C[C@@H](NC(=O)OC(C)(C)C)[C@@H](F)Cc1oc2c(NCc3cccs3)nc(Cl)nc2c1Br.